The third-order valence-corrected chi connectivity index (χ3v) is 7.77. The van der Waals surface area contributed by atoms with Crippen molar-refractivity contribution < 1.29 is 27.0 Å². The molecule has 0 aliphatic carbocycles. The van der Waals surface area contributed by atoms with E-state index in [4.69, 9.17) is 10.5 Å². The molecular weight excluding hydrogens is 432 g/mol. The largest absolute Gasteiger partial charge is 0.390 e. The summed E-state index contributed by atoms with van der Waals surface area (Å²) in [5, 5.41) is 13.6. The maximum absolute atomic E-state index is 14.1. The van der Waals surface area contributed by atoms with Crippen LogP contribution in [0.25, 0.3) is 0 Å². The van der Waals surface area contributed by atoms with E-state index in [1.54, 1.807) is 0 Å². The second-order valence-corrected chi connectivity index (χ2v) is 10.1. The van der Waals surface area contributed by atoms with Crippen LogP contribution >= 0.6 is 0 Å². The number of hydrogen-bond acceptors (Lipinski definition) is 7. The van der Waals surface area contributed by atoms with Gasteiger partial charge in [0.2, 0.25) is 0 Å². The number of nitrogens with zero attached hydrogens (tertiary/aromatic N) is 4. The molecule has 4 heterocycles. The summed E-state index contributed by atoms with van der Waals surface area (Å²) in [6.45, 7) is 1.38. The topological polar surface area (TPSA) is 114 Å². The Labute approximate surface area is 178 Å². The second-order valence-electron chi connectivity index (χ2n) is 8.33. The van der Waals surface area contributed by atoms with Crippen molar-refractivity contribution in [1.29, 1.82) is 0 Å². The summed E-state index contributed by atoms with van der Waals surface area (Å²) in [6, 6.07) is 2.68. The molecule has 0 saturated carbocycles. The number of aromatic nitrogens is 2. The zero-order chi connectivity index (χ0) is 21.9. The van der Waals surface area contributed by atoms with E-state index >= 15 is 0 Å². The quantitative estimate of drug-likeness (QED) is 0.672. The monoisotopic (exact) mass is 455 g/mol. The molecule has 3 aliphatic heterocycles. The van der Waals surface area contributed by atoms with Gasteiger partial charge in [-0.2, -0.15) is 21.9 Å². The maximum atomic E-state index is 14.1. The van der Waals surface area contributed by atoms with Gasteiger partial charge in [0, 0.05) is 55.6 Å². The van der Waals surface area contributed by atoms with E-state index in [0.717, 1.165) is 27.8 Å². The summed E-state index contributed by atoms with van der Waals surface area (Å²) < 4.78 is 60.7. The molecule has 1 aromatic carbocycles. The van der Waals surface area contributed by atoms with Gasteiger partial charge in [-0.1, -0.05) is 0 Å². The van der Waals surface area contributed by atoms with E-state index in [2.05, 4.69) is 10.00 Å². The van der Waals surface area contributed by atoms with E-state index in [1.165, 1.54) is 10.5 Å². The predicted molar refractivity (Wildman–Crippen MR) is 105 cm³/mol. The van der Waals surface area contributed by atoms with Gasteiger partial charge in [-0.15, -0.1) is 0 Å². The van der Waals surface area contributed by atoms with E-state index in [9.17, 15) is 22.3 Å². The Kier molecular flexibility index (Phi) is 5.11. The molecule has 2 aromatic rings. The Bertz CT molecular complexity index is 1080. The van der Waals surface area contributed by atoms with Crippen molar-refractivity contribution in [2.24, 2.45) is 5.73 Å². The van der Waals surface area contributed by atoms with Crippen LogP contribution in [0.15, 0.2) is 24.4 Å². The molecule has 2 saturated heterocycles. The first-order chi connectivity index (χ1) is 14.7. The van der Waals surface area contributed by atoms with Crippen LogP contribution in [0.4, 0.5) is 8.78 Å². The summed E-state index contributed by atoms with van der Waals surface area (Å²) in [7, 11) is -3.76. The van der Waals surface area contributed by atoms with Crippen LogP contribution in [0.2, 0.25) is 0 Å². The third kappa shape index (κ3) is 3.66. The summed E-state index contributed by atoms with van der Waals surface area (Å²) in [6.07, 6.45) is 0.671. The Hall–Kier alpha value is -1.96. The van der Waals surface area contributed by atoms with Gasteiger partial charge in [0.1, 0.15) is 17.7 Å². The van der Waals surface area contributed by atoms with Gasteiger partial charge in [0.25, 0.3) is 0 Å². The van der Waals surface area contributed by atoms with Crippen LogP contribution < -0.4 is 5.73 Å². The summed E-state index contributed by atoms with van der Waals surface area (Å²) >= 11 is 0. The predicted octanol–water partition coefficient (Wildman–Crippen LogP) is 0.104. The lowest BCUT2D eigenvalue weighted by Gasteiger charge is -2.38. The van der Waals surface area contributed by atoms with Crippen LogP contribution in [-0.2, 0) is 28.0 Å². The molecule has 5 rings (SSSR count). The maximum Gasteiger partial charge on any atom is 0.323 e. The van der Waals surface area contributed by atoms with Crippen LogP contribution in [0, 0.1) is 11.6 Å². The average molecular weight is 455 g/mol. The lowest BCUT2D eigenvalue weighted by atomic mass is 9.93. The summed E-state index contributed by atoms with van der Waals surface area (Å²) in [4.78, 5) is 2.10. The second kappa shape index (κ2) is 7.57. The zero-order valence-corrected chi connectivity index (χ0v) is 17.4. The number of β-amino-alcohol motifs (C(OH)–C–C–N with tert-alkyl or cyclic N) is 1. The highest BCUT2D eigenvalue weighted by atomic mass is 32.2. The molecule has 0 bridgehead atoms. The number of aliphatic hydroxyl groups excluding tert-OH is 1. The first-order valence-electron chi connectivity index (χ1n) is 10.0. The minimum atomic E-state index is -3.76. The molecule has 168 valence electrons. The molecule has 2 fully saturated rings. The van der Waals surface area contributed by atoms with Gasteiger partial charge in [-0.3, -0.25) is 4.90 Å². The number of fused-ring (bicyclic) bond motifs is 1. The Morgan fingerprint density at radius 1 is 1.23 bits per heavy atom. The van der Waals surface area contributed by atoms with Gasteiger partial charge in [0.15, 0.2) is 0 Å². The molecule has 0 amide bonds. The number of nitrogens with two attached hydrogens (primary N) is 1. The van der Waals surface area contributed by atoms with Crippen molar-refractivity contribution >= 4 is 10.2 Å². The number of ether oxygens (including phenoxy) is 1. The smallest absolute Gasteiger partial charge is 0.323 e. The third-order valence-electron chi connectivity index (χ3n) is 6.16. The van der Waals surface area contributed by atoms with Crippen LogP contribution in [0.5, 0.6) is 0 Å². The van der Waals surface area contributed by atoms with Gasteiger partial charge < -0.3 is 15.6 Å². The van der Waals surface area contributed by atoms with Crippen molar-refractivity contribution in [3.05, 3.63) is 52.9 Å². The fourth-order valence-corrected chi connectivity index (χ4v) is 5.82. The number of halogens is 2. The van der Waals surface area contributed by atoms with Crippen molar-refractivity contribution in [2.75, 3.05) is 19.7 Å². The molecule has 9 nitrogen and oxygen atoms in total. The molecule has 3 aliphatic rings. The lowest BCUT2D eigenvalue weighted by Crippen LogP contribution is -2.55. The lowest BCUT2D eigenvalue weighted by molar-refractivity contribution is -0.0533. The first kappa shape index (κ1) is 20.9. The zero-order valence-electron chi connectivity index (χ0n) is 16.6. The first-order valence-corrected chi connectivity index (χ1v) is 11.4. The molecule has 3 N–H and O–H groups in total. The Balaban J connectivity index is 1.24. The standard InChI is InChI=1S/C19H23F2N5O4S/c20-12-1-2-16(21)15(3-12)19-17(22)4-13(10-30-19)24-5-11-6-26(23-18(11)9-24)31(28,29)25-7-14(27)8-25/h1-3,6,13-14,17,19,27H,4-5,7-10,22H2/t13-,17+,19-/m1/s1. The van der Waals surface area contributed by atoms with Crippen LogP contribution in [0.3, 0.4) is 0 Å². The van der Waals surface area contributed by atoms with Crippen LogP contribution in [-0.4, -0.2) is 69.8 Å². The fraction of sp³-hybridized carbons (Fsp3) is 0.526. The van der Waals surface area contributed by atoms with Crippen molar-refractivity contribution in [1.82, 2.24) is 18.4 Å². The Morgan fingerprint density at radius 2 is 2.00 bits per heavy atom. The highest BCUT2D eigenvalue weighted by Crippen LogP contribution is 2.34. The number of hydrogen-bond donors (Lipinski definition) is 2. The summed E-state index contributed by atoms with van der Waals surface area (Å²) in [5.41, 5.74) is 7.83. The highest BCUT2D eigenvalue weighted by molar-refractivity contribution is 7.87. The SMILES string of the molecule is N[C@H]1C[C@@H](N2Cc3cn(S(=O)(=O)N4CC(O)C4)nc3C2)CO[C@@H]1c1cc(F)ccc1F. The number of benzene rings is 1. The molecule has 0 spiro atoms. The van der Waals surface area contributed by atoms with Gasteiger partial charge in [-0.25, -0.2) is 8.78 Å². The van der Waals surface area contributed by atoms with Crippen molar-refractivity contribution in [3.63, 3.8) is 0 Å². The fourth-order valence-electron chi connectivity index (χ4n) is 4.40. The van der Waals surface area contributed by atoms with E-state index in [-0.39, 0.29) is 24.7 Å². The molecule has 1 aromatic heterocycles. The van der Waals surface area contributed by atoms with Crippen molar-refractivity contribution in [2.45, 2.75) is 43.8 Å². The number of rotatable bonds is 4. The van der Waals surface area contributed by atoms with Crippen molar-refractivity contribution in [3.8, 4) is 0 Å². The van der Waals surface area contributed by atoms with Gasteiger partial charge in [-0.05, 0) is 24.6 Å². The van der Waals surface area contributed by atoms with E-state index < -0.39 is 40.1 Å². The normalized spacial score (nSPS) is 27.9. The van der Waals surface area contributed by atoms with E-state index in [0.29, 0.717) is 31.8 Å². The molecule has 0 unspecified atom stereocenters. The minimum Gasteiger partial charge on any atom is -0.390 e. The molecule has 3 atom stereocenters. The molecule has 12 heteroatoms. The molecular formula is C19H23F2N5O4S. The highest BCUT2D eigenvalue weighted by Gasteiger charge is 2.40. The van der Waals surface area contributed by atoms with Gasteiger partial charge in [0.05, 0.1) is 18.4 Å². The van der Waals surface area contributed by atoms with E-state index in [1.807, 2.05) is 0 Å². The summed E-state index contributed by atoms with van der Waals surface area (Å²) in [5.74, 6) is -1.09. The molecule has 0 radical (unpaired) electrons. The molecule has 31 heavy (non-hydrogen) atoms. The van der Waals surface area contributed by atoms with Crippen LogP contribution in [0.1, 0.15) is 29.3 Å². The Morgan fingerprint density at radius 3 is 2.68 bits per heavy atom. The average Bonchev–Trinajstić information content (AvgIpc) is 3.27. The van der Waals surface area contributed by atoms with Gasteiger partial charge >= 0.3 is 10.2 Å². The minimum absolute atomic E-state index is 0.0485. The number of aliphatic hydroxyl groups is 1.